The van der Waals surface area contributed by atoms with E-state index in [9.17, 15) is 0 Å². The molecule has 0 aliphatic heterocycles. The Labute approximate surface area is 116 Å². The van der Waals surface area contributed by atoms with Crippen LogP contribution in [0.3, 0.4) is 0 Å². The van der Waals surface area contributed by atoms with E-state index < -0.39 is 0 Å². The Morgan fingerprint density at radius 2 is 2.11 bits per heavy atom. The van der Waals surface area contributed by atoms with Crippen molar-refractivity contribution in [3.8, 4) is 0 Å². The molecule has 1 aromatic heterocycles. The van der Waals surface area contributed by atoms with Gasteiger partial charge in [0, 0.05) is 31.5 Å². The summed E-state index contributed by atoms with van der Waals surface area (Å²) in [5.74, 6) is 0. The third-order valence-corrected chi connectivity index (χ3v) is 2.99. The van der Waals surface area contributed by atoms with E-state index in [4.69, 9.17) is 9.47 Å². The third-order valence-electron chi connectivity index (χ3n) is 2.99. The van der Waals surface area contributed by atoms with E-state index in [-0.39, 0.29) is 0 Å². The van der Waals surface area contributed by atoms with Crippen molar-refractivity contribution >= 4 is 0 Å². The molecule has 1 rings (SSSR count). The van der Waals surface area contributed by atoms with Crippen molar-refractivity contribution in [2.45, 2.75) is 32.7 Å². The predicted octanol–water partition coefficient (Wildman–Crippen LogP) is 1.83. The van der Waals surface area contributed by atoms with Gasteiger partial charge in [-0.15, -0.1) is 0 Å². The first-order valence-electron chi connectivity index (χ1n) is 7.04. The van der Waals surface area contributed by atoms with Gasteiger partial charge in [-0.1, -0.05) is 19.9 Å². The first-order chi connectivity index (χ1) is 9.30. The molecule has 1 unspecified atom stereocenters. The van der Waals surface area contributed by atoms with E-state index in [0.29, 0.717) is 25.9 Å². The van der Waals surface area contributed by atoms with Gasteiger partial charge in [0.15, 0.2) is 0 Å². The minimum Gasteiger partial charge on any atom is -0.382 e. The topological polar surface area (TPSA) is 43.4 Å². The van der Waals surface area contributed by atoms with Crippen molar-refractivity contribution in [3.63, 3.8) is 0 Å². The van der Waals surface area contributed by atoms with Gasteiger partial charge in [-0.05, 0) is 24.6 Å². The Hall–Kier alpha value is -0.970. The molecule has 0 fully saturated rings. The molecule has 108 valence electrons. The number of nitrogens with one attached hydrogen (secondary N) is 1. The van der Waals surface area contributed by atoms with Crippen molar-refractivity contribution in [1.82, 2.24) is 10.3 Å². The SMILES string of the molecule is CCNC(COCCOC)Cc1ccc(CC)cn1. The van der Waals surface area contributed by atoms with Crippen LogP contribution >= 0.6 is 0 Å². The maximum atomic E-state index is 5.59. The van der Waals surface area contributed by atoms with Crippen LogP contribution in [0.4, 0.5) is 0 Å². The second kappa shape index (κ2) is 9.89. The molecule has 0 radical (unpaired) electrons. The van der Waals surface area contributed by atoms with Crippen molar-refractivity contribution < 1.29 is 9.47 Å². The molecule has 19 heavy (non-hydrogen) atoms. The van der Waals surface area contributed by atoms with Crippen LogP contribution in [-0.4, -0.2) is 44.5 Å². The Morgan fingerprint density at radius 1 is 1.26 bits per heavy atom. The normalized spacial score (nSPS) is 12.6. The molecule has 0 amide bonds. The monoisotopic (exact) mass is 266 g/mol. The zero-order valence-electron chi connectivity index (χ0n) is 12.3. The predicted molar refractivity (Wildman–Crippen MR) is 77.5 cm³/mol. The molecule has 4 heteroatoms. The number of hydrogen-bond donors (Lipinski definition) is 1. The van der Waals surface area contributed by atoms with Gasteiger partial charge in [0.1, 0.15) is 0 Å². The molecule has 1 aromatic rings. The zero-order chi connectivity index (χ0) is 13.9. The molecule has 0 saturated heterocycles. The van der Waals surface area contributed by atoms with Gasteiger partial charge >= 0.3 is 0 Å². The molecule has 0 spiro atoms. The van der Waals surface area contributed by atoms with Crippen LogP contribution in [0.2, 0.25) is 0 Å². The highest BCUT2D eigenvalue weighted by molar-refractivity contribution is 5.14. The Morgan fingerprint density at radius 3 is 2.68 bits per heavy atom. The molecular weight excluding hydrogens is 240 g/mol. The smallest absolute Gasteiger partial charge is 0.0701 e. The van der Waals surface area contributed by atoms with Crippen LogP contribution in [0.25, 0.3) is 0 Å². The molecule has 1 heterocycles. The van der Waals surface area contributed by atoms with E-state index in [1.54, 1.807) is 7.11 Å². The van der Waals surface area contributed by atoms with E-state index in [1.165, 1.54) is 5.56 Å². The number of likely N-dealkylation sites (N-methyl/N-ethyl adjacent to an activating group) is 1. The van der Waals surface area contributed by atoms with Crippen LogP contribution in [0.5, 0.6) is 0 Å². The molecule has 1 atom stereocenters. The molecular formula is C15H26N2O2. The van der Waals surface area contributed by atoms with Gasteiger partial charge in [-0.3, -0.25) is 4.98 Å². The number of aryl methyl sites for hydroxylation is 1. The van der Waals surface area contributed by atoms with Crippen LogP contribution in [0.15, 0.2) is 18.3 Å². The number of rotatable bonds is 10. The molecule has 0 aliphatic carbocycles. The molecule has 1 N–H and O–H groups in total. The summed E-state index contributed by atoms with van der Waals surface area (Å²) in [7, 11) is 1.68. The lowest BCUT2D eigenvalue weighted by atomic mass is 10.1. The third kappa shape index (κ3) is 6.66. The summed E-state index contributed by atoms with van der Waals surface area (Å²) in [6.45, 7) is 7.15. The van der Waals surface area contributed by atoms with E-state index >= 15 is 0 Å². The fraction of sp³-hybridized carbons (Fsp3) is 0.667. The summed E-state index contributed by atoms with van der Waals surface area (Å²) in [6, 6.07) is 4.57. The standard InChI is InChI=1S/C15H26N2O2/c1-4-13-6-7-14(17-11-13)10-15(16-5-2)12-19-9-8-18-3/h6-7,11,15-16H,4-5,8-10,12H2,1-3H3. The fourth-order valence-corrected chi connectivity index (χ4v) is 1.88. The number of methoxy groups -OCH3 is 1. The van der Waals surface area contributed by atoms with Gasteiger partial charge in [-0.2, -0.15) is 0 Å². The first-order valence-corrected chi connectivity index (χ1v) is 7.04. The van der Waals surface area contributed by atoms with Gasteiger partial charge in [-0.25, -0.2) is 0 Å². The highest BCUT2D eigenvalue weighted by Gasteiger charge is 2.09. The Kier molecular flexibility index (Phi) is 8.38. The van der Waals surface area contributed by atoms with Crippen molar-refractivity contribution in [3.05, 3.63) is 29.6 Å². The van der Waals surface area contributed by atoms with Gasteiger partial charge < -0.3 is 14.8 Å². The maximum absolute atomic E-state index is 5.59. The second-order valence-electron chi connectivity index (χ2n) is 4.54. The van der Waals surface area contributed by atoms with Gasteiger partial charge in [0.25, 0.3) is 0 Å². The minimum absolute atomic E-state index is 0.307. The Balaban J connectivity index is 2.42. The van der Waals surface area contributed by atoms with Crippen LogP contribution in [0.1, 0.15) is 25.1 Å². The average molecular weight is 266 g/mol. The van der Waals surface area contributed by atoms with Crippen LogP contribution < -0.4 is 5.32 Å². The summed E-state index contributed by atoms with van der Waals surface area (Å²) < 4.78 is 10.6. The van der Waals surface area contributed by atoms with Gasteiger partial charge in [0.2, 0.25) is 0 Å². The Bertz CT molecular complexity index is 327. The average Bonchev–Trinajstić information content (AvgIpc) is 2.44. The summed E-state index contributed by atoms with van der Waals surface area (Å²) >= 11 is 0. The highest BCUT2D eigenvalue weighted by atomic mass is 16.5. The van der Waals surface area contributed by atoms with Crippen molar-refractivity contribution in [2.24, 2.45) is 0 Å². The molecule has 0 aliphatic rings. The molecule has 0 saturated carbocycles. The van der Waals surface area contributed by atoms with Crippen molar-refractivity contribution in [1.29, 1.82) is 0 Å². The number of ether oxygens (including phenoxy) is 2. The molecule has 4 nitrogen and oxygen atoms in total. The summed E-state index contributed by atoms with van der Waals surface area (Å²) in [5, 5.41) is 3.43. The second-order valence-corrected chi connectivity index (χ2v) is 4.54. The van der Waals surface area contributed by atoms with Crippen LogP contribution in [0, 0.1) is 0 Å². The van der Waals surface area contributed by atoms with E-state index in [2.05, 4.69) is 36.3 Å². The zero-order valence-corrected chi connectivity index (χ0v) is 12.3. The summed E-state index contributed by atoms with van der Waals surface area (Å²) in [5.41, 5.74) is 2.39. The van der Waals surface area contributed by atoms with E-state index in [0.717, 1.165) is 25.1 Å². The minimum atomic E-state index is 0.307. The van der Waals surface area contributed by atoms with Gasteiger partial charge in [0.05, 0.1) is 19.8 Å². The lowest BCUT2D eigenvalue weighted by Crippen LogP contribution is -2.36. The van der Waals surface area contributed by atoms with E-state index in [1.807, 2.05) is 6.20 Å². The molecule has 0 aromatic carbocycles. The lowest BCUT2D eigenvalue weighted by Gasteiger charge is -2.17. The highest BCUT2D eigenvalue weighted by Crippen LogP contribution is 2.04. The number of aromatic nitrogens is 1. The fourth-order valence-electron chi connectivity index (χ4n) is 1.88. The number of nitrogens with zero attached hydrogens (tertiary/aromatic N) is 1. The lowest BCUT2D eigenvalue weighted by molar-refractivity contribution is 0.0588. The molecule has 0 bridgehead atoms. The summed E-state index contributed by atoms with van der Waals surface area (Å²) in [4.78, 5) is 4.50. The van der Waals surface area contributed by atoms with Crippen LogP contribution in [-0.2, 0) is 22.3 Å². The largest absolute Gasteiger partial charge is 0.382 e. The van der Waals surface area contributed by atoms with Crippen molar-refractivity contribution in [2.75, 3.05) is 33.5 Å². The number of pyridine rings is 1. The first kappa shape index (κ1) is 16.1. The maximum Gasteiger partial charge on any atom is 0.0701 e. The summed E-state index contributed by atoms with van der Waals surface area (Å²) in [6.07, 6.45) is 3.89. The number of hydrogen-bond acceptors (Lipinski definition) is 4. The quantitative estimate of drug-likeness (QED) is 0.656.